The van der Waals surface area contributed by atoms with Gasteiger partial charge >= 0.3 is 5.69 Å². The van der Waals surface area contributed by atoms with Crippen molar-refractivity contribution in [1.29, 1.82) is 0 Å². The normalized spacial score (nSPS) is 10.1. The molecule has 0 unspecified atom stereocenters. The molecule has 7 nitrogen and oxygen atoms in total. The Labute approximate surface area is 118 Å². The summed E-state index contributed by atoms with van der Waals surface area (Å²) in [6.07, 6.45) is 0. The number of nitro benzene ring substituents is 1. The van der Waals surface area contributed by atoms with E-state index in [0.717, 1.165) is 4.90 Å². The molecule has 1 rings (SSSR count). The van der Waals surface area contributed by atoms with Gasteiger partial charge < -0.3 is 10.2 Å². The first-order valence-corrected chi connectivity index (χ1v) is 5.93. The molecule has 0 aliphatic rings. The zero-order valence-corrected chi connectivity index (χ0v) is 11.4. The number of hydrogen-bond acceptors (Lipinski definition) is 4. The molecule has 1 aromatic rings. The summed E-state index contributed by atoms with van der Waals surface area (Å²) in [6.45, 7) is 1.71. The van der Waals surface area contributed by atoms with E-state index in [9.17, 15) is 28.5 Å². The van der Waals surface area contributed by atoms with Gasteiger partial charge in [-0.15, -0.1) is 0 Å². The van der Waals surface area contributed by atoms with E-state index < -0.39 is 39.6 Å². The van der Waals surface area contributed by atoms with Crippen LogP contribution < -0.4 is 5.32 Å². The van der Waals surface area contributed by atoms with Crippen molar-refractivity contribution in [2.24, 2.45) is 0 Å². The van der Waals surface area contributed by atoms with Gasteiger partial charge in [0.25, 0.3) is 5.91 Å². The molecular formula is C12H13F2N3O4. The molecular weight excluding hydrogens is 288 g/mol. The predicted octanol–water partition coefficient (Wildman–Crippen LogP) is 1.08. The highest BCUT2D eigenvalue weighted by Gasteiger charge is 2.24. The summed E-state index contributed by atoms with van der Waals surface area (Å²) in [5.41, 5.74) is -1.74. The Morgan fingerprint density at radius 3 is 2.48 bits per heavy atom. The quantitative estimate of drug-likeness (QED) is 0.650. The minimum Gasteiger partial charge on any atom is -0.355 e. The average Bonchev–Trinajstić information content (AvgIpc) is 2.39. The first kappa shape index (κ1) is 16.5. The summed E-state index contributed by atoms with van der Waals surface area (Å²) in [6, 6.07) is 0.784. The molecule has 1 aromatic carbocycles. The molecule has 0 saturated heterocycles. The minimum atomic E-state index is -1.32. The van der Waals surface area contributed by atoms with Gasteiger partial charge in [-0.05, 0) is 13.0 Å². The number of nitrogens with zero attached hydrogens (tertiary/aromatic N) is 2. The first-order valence-electron chi connectivity index (χ1n) is 5.93. The summed E-state index contributed by atoms with van der Waals surface area (Å²) in [7, 11) is 1.23. The number of nitro groups is 1. The third kappa shape index (κ3) is 3.94. The van der Waals surface area contributed by atoms with Gasteiger partial charge in [0.2, 0.25) is 11.7 Å². The van der Waals surface area contributed by atoms with Crippen molar-refractivity contribution >= 4 is 17.5 Å². The molecule has 0 aliphatic carbocycles. The van der Waals surface area contributed by atoms with Crippen LogP contribution in [0.5, 0.6) is 0 Å². The van der Waals surface area contributed by atoms with Gasteiger partial charge in [-0.25, -0.2) is 4.39 Å². The lowest BCUT2D eigenvalue weighted by molar-refractivity contribution is -0.387. The summed E-state index contributed by atoms with van der Waals surface area (Å²) >= 11 is 0. The maximum atomic E-state index is 13.7. The Kier molecular flexibility index (Phi) is 5.28. The zero-order chi connectivity index (χ0) is 16.2. The molecule has 0 aromatic heterocycles. The molecule has 21 heavy (non-hydrogen) atoms. The topological polar surface area (TPSA) is 92.6 Å². The number of carbonyl (C=O) groups excluding carboxylic acids is 2. The first-order chi connectivity index (χ1) is 9.77. The number of hydrogen-bond donors (Lipinski definition) is 1. The van der Waals surface area contributed by atoms with E-state index in [0.29, 0.717) is 18.7 Å². The largest absolute Gasteiger partial charge is 0.355 e. The summed E-state index contributed by atoms with van der Waals surface area (Å²) in [5.74, 6) is -3.96. The van der Waals surface area contributed by atoms with Gasteiger partial charge in [0, 0.05) is 13.6 Å². The van der Waals surface area contributed by atoms with Gasteiger partial charge in [-0.1, -0.05) is 0 Å². The lowest BCUT2D eigenvalue weighted by Gasteiger charge is -2.16. The zero-order valence-electron chi connectivity index (χ0n) is 11.4. The molecule has 2 amide bonds. The van der Waals surface area contributed by atoms with E-state index >= 15 is 0 Å². The molecule has 0 spiro atoms. The van der Waals surface area contributed by atoms with E-state index in [4.69, 9.17) is 0 Å². The fourth-order valence-electron chi connectivity index (χ4n) is 1.59. The standard InChI is InChI=1S/C12H13F2N3O4/c1-3-15-11(18)6-16(2)12(19)7-4-9(14)10(17(20)21)5-8(7)13/h4-5H,3,6H2,1-2H3,(H,15,18). The van der Waals surface area contributed by atoms with E-state index in [-0.39, 0.29) is 6.54 Å². The Balaban J connectivity index is 3.00. The molecule has 114 valence electrons. The summed E-state index contributed by atoms with van der Waals surface area (Å²) in [4.78, 5) is 33.5. The van der Waals surface area contributed by atoms with Crippen LogP contribution in [0.15, 0.2) is 12.1 Å². The molecule has 0 radical (unpaired) electrons. The second-order valence-corrected chi connectivity index (χ2v) is 4.16. The second-order valence-electron chi connectivity index (χ2n) is 4.16. The van der Waals surface area contributed by atoms with E-state index in [1.54, 1.807) is 6.92 Å². The Morgan fingerprint density at radius 2 is 1.95 bits per heavy atom. The molecule has 0 heterocycles. The maximum absolute atomic E-state index is 13.7. The lowest BCUT2D eigenvalue weighted by atomic mass is 10.1. The predicted molar refractivity (Wildman–Crippen MR) is 68.7 cm³/mol. The van der Waals surface area contributed by atoms with E-state index in [2.05, 4.69) is 5.32 Å². The highest BCUT2D eigenvalue weighted by Crippen LogP contribution is 2.22. The fourth-order valence-corrected chi connectivity index (χ4v) is 1.59. The smallest absolute Gasteiger partial charge is 0.307 e. The van der Waals surface area contributed by atoms with Gasteiger partial charge in [0.1, 0.15) is 5.82 Å². The van der Waals surface area contributed by atoms with Gasteiger partial charge in [-0.3, -0.25) is 19.7 Å². The lowest BCUT2D eigenvalue weighted by Crippen LogP contribution is -2.38. The average molecular weight is 301 g/mol. The van der Waals surface area contributed by atoms with Crippen molar-refractivity contribution in [3.8, 4) is 0 Å². The van der Waals surface area contributed by atoms with E-state index in [1.807, 2.05) is 0 Å². The molecule has 0 atom stereocenters. The monoisotopic (exact) mass is 301 g/mol. The minimum absolute atomic E-state index is 0.336. The van der Waals surface area contributed by atoms with Crippen LogP contribution in [0.2, 0.25) is 0 Å². The Hall–Kier alpha value is -2.58. The number of likely N-dealkylation sites (N-methyl/N-ethyl adjacent to an activating group) is 2. The number of halogens is 2. The van der Waals surface area contributed by atoms with Crippen molar-refractivity contribution in [1.82, 2.24) is 10.2 Å². The highest BCUT2D eigenvalue weighted by molar-refractivity contribution is 5.96. The fraction of sp³-hybridized carbons (Fsp3) is 0.333. The molecule has 9 heteroatoms. The van der Waals surface area contributed by atoms with Crippen LogP contribution in [-0.2, 0) is 4.79 Å². The molecule has 0 fully saturated rings. The van der Waals surface area contributed by atoms with Crippen LogP contribution in [0.1, 0.15) is 17.3 Å². The highest BCUT2D eigenvalue weighted by atomic mass is 19.1. The van der Waals surface area contributed by atoms with Crippen LogP contribution in [-0.4, -0.2) is 41.8 Å². The third-order valence-corrected chi connectivity index (χ3v) is 2.57. The van der Waals surface area contributed by atoms with Crippen LogP contribution in [0.3, 0.4) is 0 Å². The summed E-state index contributed by atoms with van der Waals surface area (Å²) in [5, 5.41) is 12.9. The van der Waals surface area contributed by atoms with Crippen molar-refractivity contribution in [3.05, 3.63) is 39.4 Å². The van der Waals surface area contributed by atoms with Crippen molar-refractivity contribution in [2.45, 2.75) is 6.92 Å². The number of benzene rings is 1. The van der Waals surface area contributed by atoms with Crippen LogP contribution in [0.4, 0.5) is 14.5 Å². The molecule has 0 saturated carbocycles. The Bertz CT molecular complexity index is 592. The molecule has 0 aliphatic heterocycles. The van der Waals surface area contributed by atoms with E-state index in [1.165, 1.54) is 7.05 Å². The third-order valence-electron chi connectivity index (χ3n) is 2.57. The Morgan fingerprint density at radius 1 is 1.33 bits per heavy atom. The number of nitrogens with one attached hydrogen (secondary N) is 1. The number of amides is 2. The van der Waals surface area contributed by atoms with Crippen LogP contribution >= 0.6 is 0 Å². The molecule has 1 N–H and O–H groups in total. The maximum Gasteiger partial charge on any atom is 0.307 e. The summed E-state index contributed by atoms with van der Waals surface area (Å²) < 4.78 is 27.1. The number of rotatable bonds is 5. The van der Waals surface area contributed by atoms with Crippen molar-refractivity contribution < 1.29 is 23.3 Å². The SMILES string of the molecule is CCNC(=O)CN(C)C(=O)c1cc(F)c([N+](=O)[O-])cc1F. The van der Waals surface area contributed by atoms with Crippen molar-refractivity contribution in [3.63, 3.8) is 0 Å². The van der Waals surface area contributed by atoms with Gasteiger partial charge in [0.05, 0.1) is 23.1 Å². The number of carbonyl (C=O) groups is 2. The van der Waals surface area contributed by atoms with Gasteiger partial charge in [-0.2, -0.15) is 4.39 Å². The van der Waals surface area contributed by atoms with Crippen molar-refractivity contribution in [2.75, 3.05) is 20.1 Å². The molecule has 0 bridgehead atoms. The van der Waals surface area contributed by atoms with Crippen LogP contribution in [0, 0.1) is 21.7 Å². The second kappa shape index (κ2) is 6.73. The van der Waals surface area contributed by atoms with Crippen LogP contribution in [0.25, 0.3) is 0 Å². The van der Waals surface area contributed by atoms with Gasteiger partial charge in [0.15, 0.2) is 0 Å².